The molecule has 0 unspecified atom stereocenters. The van der Waals surface area contributed by atoms with Gasteiger partial charge in [0.15, 0.2) is 0 Å². The number of hydrogen-bond donors (Lipinski definition) is 1. The zero-order valence-corrected chi connectivity index (χ0v) is 15.5. The summed E-state index contributed by atoms with van der Waals surface area (Å²) in [5, 5.41) is 11.6. The van der Waals surface area contributed by atoms with Gasteiger partial charge in [0.25, 0.3) is 5.91 Å². The number of methoxy groups -OCH3 is 1. The minimum Gasteiger partial charge on any atom is -0.488 e. The van der Waals surface area contributed by atoms with Crippen LogP contribution in [0.4, 0.5) is 4.79 Å². The van der Waals surface area contributed by atoms with E-state index in [1.165, 1.54) is 13.2 Å². The monoisotopic (exact) mass is 391 g/mol. The highest BCUT2D eigenvalue weighted by molar-refractivity contribution is 6.15. The molecule has 8 nitrogen and oxygen atoms in total. The molecule has 0 aliphatic carbocycles. The maximum atomic E-state index is 12.4. The second-order valence-electron chi connectivity index (χ2n) is 6.05. The van der Waals surface area contributed by atoms with Gasteiger partial charge in [-0.25, -0.2) is 9.69 Å². The second-order valence-corrected chi connectivity index (χ2v) is 6.05. The normalized spacial score (nSPS) is 14.5. The first-order valence-electron chi connectivity index (χ1n) is 8.64. The number of carbonyl (C=O) groups excluding carboxylic acids is 3. The lowest BCUT2D eigenvalue weighted by molar-refractivity contribution is -0.143. The van der Waals surface area contributed by atoms with E-state index in [9.17, 15) is 19.6 Å². The fourth-order valence-corrected chi connectivity index (χ4v) is 2.71. The number of nitriles is 1. The Morgan fingerprint density at radius 3 is 2.66 bits per heavy atom. The van der Waals surface area contributed by atoms with Crippen LogP contribution < -0.4 is 10.1 Å². The summed E-state index contributed by atoms with van der Waals surface area (Å²) in [6.45, 7) is -0.305. The number of para-hydroxylation sites is 1. The number of benzene rings is 2. The van der Waals surface area contributed by atoms with Crippen LogP contribution in [0, 0.1) is 11.3 Å². The summed E-state index contributed by atoms with van der Waals surface area (Å²) in [5.41, 5.74) is 1.82. The number of rotatable bonds is 6. The average molecular weight is 391 g/mol. The van der Waals surface area contributed by atoms with Gasteiger partial charge in [-0.2, -0.15) is 5.26 Å². The molecule has 1 aliphatic heterocycles. The van der Waals surface area contributed by atoms with Crippen molar-refractivity contribution < 1.29 is 23.9 Å². The summed E-state index contributed by atoms with van der Waals surface area (Å²) in [5.74, 6) is -0.860. The molecule has 3 amide bonds. The van der Waals surface area contributed by atoms with Crippen LogP contribution in [0.25, 0.3) is 6.08 Å². The summed E-state index contributed by atoms with van der Waals surface area (Å²) in [4.78, 5) is 36.6. The quantitative estimate of drug-likeness (QED) is 0.459. The molecule has 2 aromatic rings. The molecule has 8 heteroatoms. The summed E-state index contributed by atoms with van der Waals surface area (Å²) in [7, 11) is 1.18. The van der Waals surface area contributed by atoms with Crippen molar-refractivity contribution in [2.45, 2.75) is 6.61 Å². The molecule has 0 spiro atoms. The lowest BCUT2D eigenvalue weighted by Crippen LogP contribution is -2.36. The van der Waals surface area contributed by atoms with Gasteiger partial charge in [0, 0.05) is 11.1 Å². The molecule has 0 aromatic heterocycles. The Kier molecular flexibility index (Phi) is 5.90. The van der Waals surface area contributed by atoms with Crippen LogP contribution >= 0.6 is 0 Å². The van der Waals surface area contributed by atoms with Crippen molar-refractivity contribution in [3.05, 3.63) is 70.9 Å². The molecule has 0 saturated carbocycles. The molecule has 146 valence electrons. The molecule has 1 aliphatic rings. The molecule has 0 atom stereocenters. The first-order valence-corrected chi connectivity index (χ1v) is 8.64. The van der Waals surface area contributed by atoms with Crippen molar-refractivity contribution in [2.75, 3.05) is 13.7 Å². The van der Waals surface area contributed by atoms with Gasteiger partial charge in [0.1, 0.15) is 24.6 Å². The maximum Gasteiger partial charge on any atom is 0.329 e. The van der Waals surface area contributed by atoms with E-state index in [-0.39, 0.29) is 12.3 Å². The van der Waals surface area contributed by atoms with Gasteiger partial charge in [-0.15, -0.1) is 0 Å². The van der Waals surface area contributed by atoms with Crippen LogP contribution in [0.1, 0.15) is 16.7 Å². The fraction of sp³-hybridized carbons (Fsp3) is 0.143. The smallest absolute Gasteiger partial charge is 0.329 e. The van der Waals surface area contributed by atoms with Crippen molar-refractivity contribution in [3.63, 3.8) is 0 Å². The van der Waals surface area contributed by atoms with Gasteiger partial charge in [0.2, 0.25) is 0 Å². The third kappa shape index (κ3) is 4.42. The van der Waals surface area contributed by atoms with Gasteiger partial charge >= 0.3 is 12.0 Å². The molecule has 1 saturated heterocycles. The van der Waals surface area contributed by atoms with E-state index in [1.807, 2.05) is 6.07 Å². The highest BCUT2D eigenvalue weighted by Crippen LogP contribution is 2.24. The predicted molar refractivity (Wildman–Crippen MR) is 102 cm³/mol. The van der Waals surface area contributed by atoms with Crippen molar-refractivity contribution in [1.29, 1.82) is 5.26 Å². The first-order chi connectivity index (χ1) is 14.0. The largest absolute Gasteiger partial charge is 0.488 e. The summed E-state index contributed by atoms with van der Waals surface area (Å²) in [6.07, 6.45) is 1.48. The van der Waals surface area contributed by atoms with E-state index in [0.29, 0.717) is 16.9 Å². The fourth-order valence-electron chi connectivity index (χ4n) is 2.71. The van der Waals surface area contributed by atoms with Crippen molar-refractivity contribution >= 4 is 24.0 Å². The predicted octanol–water partition coefficient (Wildman–Crippen LogP) is 2.20. The number of ether oxygens (including phenoxy) is 2. The standard InChI is InChI=1S/C21H17N3O5/c1-28-19(25)12-24-20(26)17(23-21(24)27)10-14-6-4-5-9-18(14)29-13-16-8-3-2-7-15(16)11-22/h2-10H,12-13H2,1H3,(H,23,27). The zero-order valence-electron chi connectivity index (χ0n) is 15.5. The molecular formula is C21H17N3O5. The number of nitrogens with one attached hydrogen (secondary N) is 1. The van der Waals surface area contributed by atoms with Gasteiger partial charge in [-0.1, -0.05) is 36.4 Å². The van der Waals surface area contributed by atoms with E-state index in [4.69, 9.17) is 4.74 Å². The third-order valence-electron chi connectivity index (χ3n) is 4.22. The third-order valence-corrected chi connectivity index (χ3v) is 4.22. The molecule has 3 rings (SSSR count). The minimum atomic E-state index is -0.701. The highest BCUT2D eigenvalue weighted by Gasteiger charge is 2.35. The number of imide groups is 1. The van der Waals surface area contributed by atoms with E-state index in [0.717, 1.165) is 10.5 Å². The Labute approximate surface area is 166 Å². The molecule has 0 bridgehead atoms. The molecule has 1 N–H and O–H groups in total. The Balaban J connectivity index is 1.80. The molecule has 2 aromatic carbocycles. The van der Waals surface area contributed by atoms with Gasteiger partial charge < -0.3 is 14.8 Å². The van der Waals surface area contributed by atoms with Gasteiger partial charge in [0.05, 0.1) is 18.7 Å². The topological polar surface area (TPSA) is 109 Å². The summed E-state index contributed by atoms with van der Waals surface area (Å²) >= 11 is 0. The Bertz CT molecular complexity index is 1040. The highest BCUT2D eigenvalue weighted by atomic mass is 16.5. The van der Waals surface area contributed by atoms with Crippen LogP contribution in [0.3, 0.4) is 0 Å². The lowest BCUT2D eigenvalue weighted by Gasteiger charge is -2.11. The van der Waals surface area contributed by atoms with Crippen molar-refractivity contribution in [3.8, 4) is 11.8 Å². The van der Waals surface area contributed by atoms with E-state index >= 15 is 0 Å². The second kappa shape index (κ2) is 8.71. The average Bonchev–Trinajstić information content (AvgIpc) is 3.00. The van der Waals surface area contributed by atoms with E-state index in [2.05, 4.69) is 16.1 Å². The zero-order chi connectivity index (χ0) is 20.8. The number of hydrogen-bond acceptors (Lipinski definition) is 6. The van der Waals surface area contributed by atoms with Crippen molar-refractivity contribution in [1.82, 2.24) is 10.2 Å². The maximum absolute atomic E-state index is 12.4. The van der Waals surface area contributed by atoms with Crippen LogP contribution in [0.15, 0.2) is 54.2 Å². The molecular weight excluding hydrogens is 374 g/mol. The molecule has 1 fully saturated rings. The number of nitrogens with zero attached hydrogens (tertiary/aromatic N) is 2. The number of urea groups is 1. The number of amides is 3. The van der Waals surface area contributed by atoms with E-state index in [1.54, 1.807) is 42.5 Å². The van der Waals surface area contributed by atoms with Crippen LogP contribution in [0.2, 0.25) is 0 Å². The summed E-state index contributed by atoms with van der Waals surface area (Å²) in [6, 6.07) is 15.5. The van der Waals surface area contributed by atoms with Crippen molar-refractivity contribution in [2.24, 2.45) is 0 Å². The van der Waals surface area contributed by atoms with Crippen LogP contribution in [-0.2, 0) is 20.9 Å². The Hall–Kier alpha value is -4.12. The van der Waals surface area contributed by atoms with Gasteiger partial charge in [-0.3, -0.25) is 9.59 Å². The SMILES string of the molecule is COC(=O)CN1C(=O)NC(=Cc2ccccc2OCc2ccccc2C#N)C1=O. The first kappa shape index (κ1) is 19.6. The molecule has 29 heavy (non-hydrogen) atoms. The minimum absolute atomic E-state index is 0.0207. The summed E-state index contributed by atoms with van der Waals surface area (Å²) < 4.78 is 10.3. The number of carbonyl (C=O) groups is 3. The van der Waals surface area contributed by atoms with Gasteiger partial charge in [-0.05, 0) is 18.2 Å². The Morgan fingerprint density at radius 1 is 1.17 bits per heavy atom. The van der Waals surface area contributed by atoms with Crippen LogP contribution in [-0.4, -0.2) is 36.5 Å². The van der Waals surface area contributed by atoms with Crippen LogP contribution in [0.5, 0.6) is 5.75 Å². The Morgan fingerprint density at radius 2 is 1.90 bits per heavy atom. The number of esters is 1. The lowest BCUT2D eigenvalue weighted by atomic mass is 10.1. The molecule has 0 radical (unpaired) electrons. The van der Waals surface area contributed by atoms with E-state index < -0.39 is 24.5 Å². The molecule has 1 heterocycles.